The summed E-state index contributed by atoms with van der Waals surface area (Å²) in [5.74, 6) is 4.44. The van der Waals surface area contributed by atoms with Gasteiger partial charge in [0.05, 0.1) is 0 Å². The predicted molar refractivity (Wildman–Crippen MR) is 109 cm³/mol. The van der Waals surface area contributed by atoms with E-state index in [9.17, 15) is 0 Å². The molecule has 0 N–H and O–H groups in total. The second-order valence-electron chi connectivity index (χ2n) is 10.3. The molecule has 4 aliphatic carbocycles. The van der Waals surface area contributed by atoms with Gasteiger partial charge in [-0.15, -0.1) is 0 Å². The number of hydrogen-bond donors (Lipinski definition) is 0. The second kappa shape index (κ2) is 5.26. The standard InChI is InChI=1S/C26H29N/c1-2-6-21-20(5-1)23-13-26(24-8-4-3-7-22(23)24)16-27(15-25(21)26)14-19-12-17-9-10-18(19)11-17/h1-8,17-19,23,25H,9-16H2/t17-,18+,19-,23?,25?,26?/m1/s1. The van der Waals surface area contributed by atoms with Gasteiger partial charge in [-0.3, -0.25) is 0 Å². The lowest BCUT2D eigenvalue weighted by Gasteiger charge is -2.37. The Morgan fingerprint density at radius 1 is 0.889 bits per heavy atom. The number of nitrogens with zero attached hydrogens (tertiary/aromatic N) is 1. The Hall–Kier alpha value is -1.60. The minimum Gasteiger partial charge on any atom is -0.301 e. The maximum Gasteiger partial charge on any atom is 0.0173 e. The highest BCUT2D eigenvalue weighted by Crippen LogP contribution is 2.63. The van der Waals surface area contributed by atoms with Gasteiger partial charge in [-0.2, -0.15) is 0 Å². The van der Waals surface area contributed by atoms with Crippen molar-refractivity contribution in [3.05, 3.63) is 70.8 Å². The van der Waals surface area contributed by atoms with Crippen molar-refractivity contribution in [2.75, 3.05) is 19.6 Å². The first kappa shape index (κ1) is 15.3. The third-order valence-corrected chi connectivity index (χ3v) is 9.18. The van der Waals surface area contributed by atoms with Crippen LogP contribution in [-0.2, 0) is 5.41 Å². The molecule has 1 nitrogen and oxygen atoms in total. The largest absolute Gasteiger partial charge is 0.301 e. The molecule has 27 heavy (non-hydrogen) atoms. The van der Waals surface area contributed by atoms with Crippen molar-refractivity contribution in [1.29, 1.82) is 0 Å². The monoisotopic (exact) mass is 355 g/mol. The summed E-state index contributed by atoms with van der Waals surface area (Å²) in [6.07, 6.45) is 7.46. The van der Waals surface area contributed by atoms with Crippen LogP contribution in [0.15, 0.2) is 48.5 Å². The normalized spacial score (nSPS) is 40.8. The van der Waals surface area contributed by atoms with Gasteiger partial charge < -0.3 is 4.90 Å². The van der Waals surface area contributed by atoms with E-state index in [1.165, 1.54) is 45.3 Å². The zero-order valence-corrected chi connectivity index (χ0v) is 16.1. The second-order valence-corrected chi connectivity index (χ2v) is 10.3. The Kier molecular flexibility index (Phi) is 2.99. The fourth-order valence-corrected chi connectivity index (χ4v) is 8.21. The molecule has 1 saturated heterocycles. The molecule has 5 aliphatic rings. The molecule has 1 aliphatic heterocycles. The van der Waals surface area contributed by atoms with Gasteiger partial charge in [0.15, 0.2) is 0 Å². The molecule has 1 heterocycles. The molecule has 1 heteroatoms. The van der Waals surface area contributed by atoms with Gasteiger partial charge in [0.25, 0.3) is 0 Å². The number of fused-ring (bicyclic) bond motifs is 5. The van der Waals surface area contributed by atoms with E-state index in [0.717, 1.165) is 17.8 Å². The molecule has 1 spiro atoms. The van der Waals surface area contributed by atoms with Crippen LogP contribution in [0.3, 0.4) is 0 Å². The van der Waals surface area contributed by atoms with E-state index in [1.54, 1.807) is 28.7 Å². The van der Waals surface area contributed by atoms with Gasteiger partial charge in [-0.25, -0.2) is 0 Å². The summed E-state index contributed by atoms with van der Waals surface area (Å²) < 4.78 is 0. The number of benzene rings is 2. The van der Waals surface area contributed by atoms with Crippen LogP contribution in [0.25, 0.3) is 0 Å². The van der Waals surface area contributed by atoms with Crippen LogP contribution >= 0.6 is 0 Å². The smallest absolute Gasteiger partial charge is 0.0173 e. The van der Waals surface area contributed by atoms with Crippen LogP contribution in [0.5, 0.6) is 0 Å². The zero-order valence-electron chi connectivity index (χ0n) is 16.1. The van der Waals surface area contributed by atoms with Crippen LogP contribution in [0.1, 0.15) is 66.2 Å². The van der Waals surface area contributed by atoms with Crippen molar-refractivity contribution in [1.82, 2.24) is 4.90 Å². The topological polar surface area (TPSA) is 3.24 Å². The summed E-state index contributed by atoms with van der Waals surface area (Å²) in [6, 6.07) is 18.8. The van der Waals surface area contributed by atoms with Gasteiger partial charge in [0.2, 0.25) is 0 Å². The van der Waals surface area contributed by atoms with Gasteiger partial charge >= 0.3 is 0 Å². The highest BCUT2D eigenvalue weighted by Gasteiger charge is 2.58. The Labute approximate surface area is 162 Å². The van der Waals surface area contributed by atoms with Crippen molar-refractivity contribution in [3.8, 4) is 0 Å². The summed E-state index contributed by atoms with van der Waals surface area (Å²) in [7, 11) is 0. The van der Waals surface area contributed by atoms with E-state index >= 15 is 0 Å². The van der Waals surface area contributed by atoms with Crippen molar-refractivity contribution in [2.45, 2.75) is 49.4 Å². The Morgan fingerprint density at radius 3 is 2.52 bits per heavy atom. The average Bonchev–Trinajstić information content (AvgIpc) is 3.46. The minimum absolute atomic E-state index is 0.382. The van der Waals surface area contributed by atoms with Crippen molar-refractivity contribution in [2.24, 2.45) is 17.8 Å². The lowest BCUT2D eigenvalue weighted by molar-refractivity contribution is 0.210. The van der Waals surface area contributed by atoms with Crippen LogP contribution in [0, 0.1) is 17.8 Å². The highest BCUT2D eigenvalue weighted by molar-refractivity contribution is 5.58. The first-order valence-corrected chi connectivity index (χ1v) is 11.2. The van der Waals surface area contributed by atoms with Crippen LogP contribution in [0.2, 0.25) is 0 Å². The highest BCUT2D eigenvalue weighted by atomic mass is 15.2. The van der Waals surface area contributed by atoms with E-state index in [0.29, 0.717) is 17.3 Å². The van der Waals surface area contributed by atoms with Crippen molar-refractivity contribution >= 4 is 0 Å². The molecule has 0 amide bonds. The number of hydrogen-bond acceptors (Lipinski definition) is 1. The van der Waals surface area contributed by atoms with E-state index in [2.05, 4.69) is 53.4 Å². The Balaban J connectivity index is 1.29. The maximum atomic E-state index is 2.89. The van der Waals surface area contributed by atoms with Gasteiger partial charge in [0, 0.05) is 36.9 Å². The summed E-state index contributed by atoms with van der Waals surface area (Å²) in [5, 5.41) is 0. The van der Waals surface area contributed by atoms with Crippen LogP contribution in [-0.4, -0.2) is 24.5 Å². The lowest BCUT2D eigenvalue weighted by Crippen LogP contribution is -2.36. The van der Waals surface area contributed by atoms with Gasteiger partial charge in [-0.05, 0) is 65.7 Å². The van der Waals surface area contributed by atoms with Crippen molar-refractivity contribution in [3.63, 3.8) is 0 Å². The quantitative estimate of drug-likeness (QED) is 0.706. The number of rotatable bonds is 2. The lowest BCUT2D eigenvalue weighted by atomic mass is 9.65. The van der Waals surface area contributed by atoms with E-state index in [-0.39, 0.29) is 0 Å². The van der Waals surface area contributed by atoms with Crippen molar-refractivity contribution < 1.29 is 0 Å². The fraction of sp³-hybridized carbons (Fsp3) is 0.538. The Bertz CT molecular complexity index is 905. The fourth-order valence-electron chi connectivity index (χ4n) is 8.21. The molecule has 0 aromatic heterocycles. The molecule has 0 radical (unpaired) electrons. The third kappa shape index (κ3) is 1.94. The zero-order chi connectivity index (χ0) is 17.6. The SMILES string of the molecule is c1ccc2c(c1)C1CC3(CN(C[C@H]4C[C@@H]5CC[C@H]4C5)CC23)c2ccccc21. The van der Waals surface area contributed by atoms with Crippen LogP contribution < -0.4 is 0 Å². The average molecular weight is 356 g/mol. The van der Waals surface area contributed by atoms with E-state index < -0.39 is 0 Å². The first-order chi connectivity index (χ1) is 13.3. The molecule has 4 bridgehead atoms. The minimum atomic E-state index is 0.382. The molecular formula is C26H29N. The molecule has 6 atom stereocenters. The first-order valence-electron chi connectivity index (χ1n) is 11.2. The Morgan fingerprint density at radius 2 is 1.70 bits per heavy atom. The van der Waals surface area contributed by atoms with Gasteiger partial charge in [-0.1, -0.05) is 55.0 Å². The summed E-state index contributed by atoms with van der Waals surface area (Å²) in [5.41, 5.74) is 7.00. The summed E-state index contributed by atoms with van der Waals surface area (Å²) >= 11 is 0. The van der Waals surface area contributed by atoms with Gasteiger partial charge in [0.1, 0.15) is 0 Å². The molecule has 138 valence electrons. The number of likely N-dealkylation sites (tertiary alicyclic amines) is 1. The molecule has 2 saturated carbocycles. The molecule has 3 unspecified atom stereocenters. The molecular weight excluding hydrogens is 326 g/mol. The van der Waals surface area contributed by atoms with E-state index in [4.69, 9.17) is 0 Å². The maximum absolute atomic E-state index is 2.89. The summed E-state index contributed by atoms with van der Waals surface area (Å²) in [6.45, 7) is 3.95. The predicted octanol–water partition coefficient (Wildman–Crippen LogP) is 5.31. The molecule has 2 aromatic carbocycles. The summed E-state index contributed by atoms with van der Waals surface area (Å²) in [4.78, 5) is 2.89. The molecule has 2 aromatic rings. The third-order valence-electron chi connectivity index (χ3n) is 9.18. The molecule has 7 rings (SSSR count). The molecule has 3 fully saturated rings. The van der Waals surface area contributed by atoms with Crippen LogP contribution in [0.4, 0.5) is 0 Å². The van der Waals surface area contributed by atoms with E-state index in [1.807, 2.05) is 0 Å².